The van der Waals surface area contributed by atoms with Crippen molar-refractivity contribution >= 4 is 5.91 Å². The lowest BCUT2D eigenvalue weighted by atomic mass is 10.1. The van der Waals surface area contributed by atoms with Crippen molar-refractivity contribution in [2.75, 3.05) is 14.2 Å². The molecule has 0 fully saturated rings. The first-order valence-corrected chi connectivity index (χ1v) is 8.07. The zero-order valence-corrected chi connectivity index (χ0v) is 14.6. The highest BCUT2D eigenvalue weighted by atomic mass is 16.5. The van der Waals surface area contributed by atoms with Crippen molar-refractivity contribution in [3.8, 4) is 22.8 Å². The van der Waals surface area contributed by atoms with Crippen LogP contribution in [0.5, 0.6) is 11.5 Å². The van der Waals surface area contributed by atoms with Gasteiger partial charge in [-0.1, -0.05) is 0 Å². The highest BCUT2D eigenvalue weighted by Crippen LogP contribution is 2.20. The number of ether oxygens (including phenoxy) is 2. The molecule has 3 rings (SSSR count). The van der Waals surface area contributed by atoms with Crippen LogP contribution >= 0.6 is 0 Å². The predicted molar refractivity (Wildman–Crippen MR) is 98.2 cm³/mol. The van der Waals surface area contributed by atoms with Crippen LogP contribution in [0, 0.1) is 0 Å². The molecule has 0 spiro atoms. The second-order valence-electron chi connectivity index (χ2n) is 5.53. The van der Waals surface area contributed by atoms with E-state index in [0.29, 0.717) is 17.9 Å². The third kappa shape index (κ3) is 4.16. The highest BCUT2D eigenvalue weighted by Gasteiger charge is 2.07. The number of benzene rings is 2. The monoisotopic (exact) mass is 349 g/mol. The van der Waals surface area contributed by atoms with Crippen LogP contribution in [0.4, 0.5) is 0 Å². The largest absolute Gasteiger partial charge is 0.497 e. The number of methoxy groups -OCH3 is 2. The van der Waals surface area contributed by atoms with E-state index in [4.69, 9.17) is 9.47 Å². The number of carbonyl (C=O) groups is 1. The Hall–Kier alpha value is -3.41. The zero-order chi connectivity index (χ0) is 18.4. The van der Waals surface area contributed by atoms with Gasteiger partial charge in [-0.2, -0.15) is 0 Å². The third-order valence-corrected chi connectivity index (χ3v) is 3.89. The number of aromatic nitrogens is 2. The summed E-state index contributed by atoms with van der Waals surface area (Å²) in [6.45, 7) is 0.316. The fourth-order valence-electron chi connectivity index (χ4n) is 2.43. The van der Waals surface area contributed by atoms with Crippen LogP contribution in [0.25, 0.3) is 11.3 Å². The third-order valence-electron chi connectivity index (χ3n) is 3.89. The molecule has 0 bridgehead atoms. The van der Waals surface area contributed by atoms with Crippen molar-refractivity contribution in [2.24, 2.45) is 0 Å². The molecule has 0 saturated heterocycles. The minimum absolute atomic E-state index is 0.169. The van der Waals surface area contributed by atoms with Gasteiger partial charge in [-0.15, -0.1) is 0 Å². The molecule has 3 aromatic rings. The number of hydrogen-bond donors (Lipinski definition) is 1. The van der Waals surface area contributed by atoms with E-state index in [9.17, 15) is 4.79 Å². The van der Waals surface area contributed by atoms with Gasteiger partial charge in [-0.3, -0.25) is 4.79 Å². The minimum atomic E-state index is -0.169. The van der Waals surface area contributed by atoms with Crippen molar-refractivity contribution < 1.29 is 14.3 Å². The summed E-state index contributed by atoms with van der Waals surface area (Å²) >= 11 is 0. The van der Waals surface area contributed by atoms with E-state index in [-0.39, 0.29) is 5.91 Å². The fraction of sp³-hybridized carbons (Fsp3) is 0.150. The Bertz CT molecular complexity index is 878. The summed E-state index contributed by atoms with van der Waals surface area (Å²) in [5, 5.41) is 2.86. The van der Waals surface area contributed by atoms with Gasteiger partial charge < -0.3 is 14.8 Å². The van der Waals surface area contributed by atoms with Gasteiger partial charge in [0, 0.05) is 11.1 Å². The van der Waals surface area contributed by atoms with Crippen molar-refractivity contribution in [3.63, 3.8) is 0 Å². The van der Waals surface area contributed by atoms with Crippen molar-refractivity contribution in [1.82, 2.24) is 15.3 Å². The summed E-state index contributed by atoms with van der Waals surface area (Å²) in [5.74, 6) is 1.33. The van der Waals surface area contributed by atoms with E-state index in [1.165, 1.54) is 6.33 Å². The molecule has 0 aliphatic rings. The molecular formula is C20H19N3O3. The second kappa shape index (κ2) is 8.11. The lowest BCUT2D eigenvalue weighted by Gasteiger charge is -2.07. The van der Waals surface area contributed by atoms with E-state index in [1.54, 1.807) is 38.5 Å². The molecule has 0 radical (unpaired) electrons. The first-order chi connectivity index (χ1) is 12.7. The minimum Gasteiger partial charge on any atom is -0.497 e. The normalized spacial score (nSPS) is 10.2. The van der Waals surface area contributed by atoms with Gasteiger partial charge in [-0.05, 0) is 54.6 Å². The summed E-state index contributed by atoms with van der Waals surface area (Å²) < 4.78 is 10.3. The standard InChI is InChI=1S/C20H19N3O3/c1-25-17-7-3-14(4-8-17)19-11-16(22-13-23-19)12-21-20(24)15-5-9-18(26-2)10-6-15/h3-11,13H,12H2,1-2H3,(H,21,24). The zero-order valence-electron chi connectivity index (χ0n) is 14.6. The number of hydrogen-bond acceptors (Lipinski definition) is 5. The lowest BCUT2D eigenvalue weighted by molar-refractivity contribution is 0.0950. The van der Waals surface area contributed by atoms with Crippen molar-refractivity contribution in [2.45, 2.75) is 6.54 Å². The van der Waals surface area contributed by atoms with Crippen molar-refractivity contribution in [3.05, 3.63) is 72.2 Å². The molecule has 1 N–H and O–H groups in total. The SMILES string of the molecule is COc1ccc(C(=O)NCc2cc(-c3ccc(OC)cc3)ncn2)cc1. The summed E-state index contributed by atoms with van der Waals surface area (Å²) in [4.78, 5) is 20.7. The molecule has 0 unspecified atom stereocenters. The Balaban J connectivity index is 1.67. The Morgan fingerprint density at radius 2 is 1.54 bits per heavy atom. The van der Waals surface area contributed by atoms with Gasteiger partial charge in [-0.25, -0.2) is 9.97 Å². The van der Waals surface area contributed by atoms with E-state index in [2.05, 4.69) is 15.3 Å². The maximum absolute atomic E-state index is 12.2. The molecule has 132 valence electrons. The summed E-state index contributed by atoms with van der Waals surface area (Å²) in [7, 11) is 3.22. The van der Waals surface area contributed by atoms with E-state index >= 15 is 0 Å². The van der Waals surface area contributed by atoms with Crippen LogP contribution in [0.3, 0.4) is 0 Å². The second-order valence-corrected chi connectivity index (χ2v) is 5.53. The van der Waals surface area contributed by atoms with Crippen LogP contribution in [-0.2, 0) is 6.54 Å². The maximum Gasteiger partial charge on any atom is 0.251 e. The van der Waals surface area contributed by atoms with Crippen LogP contribution < -0.4 is 14.8 Å². The number of nitrogens with one attached hydrogen (secondary N) is 1. The van der Waals surface area contributed by atoms with Crippen LogP contribution in [-0.4, -0.2) is 30.1 Å². The molecule has 6 heteroatoms. The van der Waals surface area contributed by atoms with E-state index < -0.39 is 0 Å². The molecule has 0 saturated carbocycles. The summed E-state index contributed by atoms with van der Waals surface area (Å²) in [6, 6.07) is 16.4. The van der Waals surface area contributed by atoms with Crippen LogP contribution in [0.2, 0.25) is 0 Å². The van der Waals surface area contributed by atoms with Gasteiger partial charge in [0.1, 0.15) is 17.8 Å². The summed E-state index contributed by atoms with van der Waals surface area (Å²) in [6.07, 6.45) is 1.49. The lowest BCUT2D eigenvalue weighted by Crippen LogP contribution is -2.23. The molecule has 0 atom stereocenters. The van der Waals surface area contributed by atoms with Crippen LogP contribution in [0.15, 0.2) is 60.9 Å². The molecule has 0 aliphatic carbocycles. The van der Waals surface area contributed by atoms with Gasteiger partial charge in [0.05, 0.1) is 32.2 Å². The van der Waals surface area contributed by atoms with E-state index in [0.717, 1.165) is 22.7 Å². The molecule has 0 aliphatic heterocycles. The molecule has 2 aromatic carbocycles. The van der Waals surface area contributed by atoms with Crippen LogP contribution in [0.1, 0.15) is 16.1 Å². The predicted octanol–water partition coefficient (Wildman–Crippen LogP) is 3.09. The number of amides is 1. The molecule has 6 nitrogen and oxygen atoms in total. The topological polar surface area (TPSA) is 73.3 Å². The Morgan fingerprint density at radius 3 is 2.15 bits per heavy atom. The molecule has 1 heterocycles. The smallest absolute Gasteiger partial charge is 0.251 e. The molecule has 1 amide bonds. The van der Waals surface area contributed by atoms with Gasteiger partial charge in [0.15, 0.2) is 0 Å². The first kappa shape index (κ1) is 17.4. The van der Waals surface area contributed by atoms with Gasteiger partial charge >= 0.3 is 0 Å². The van der Waals surface area contributed by atoms with Crippen molar-refractivity contribution in [1.29, 1.82) is 0 Å². The molecule has 26 heavy (non-hydrogen) atoms. The van der Waals surface area contributed by atoms with Gasteiger partial charge in [0.2, 0.25) is 0 Å². The number of nitrogens with zero attached hydrogens (tertiary/aromatic N) is 2. The average Bonchev–Trinajstić information content (AvgIpc) is 2.72. The average molecular weight is 349 g/mol. The molecule has 1 aromatic heterocycles. The Kier molecular flexibility index (Phi) is 5.43. The fourth-order valence-corrected chi connectivity index (χ4v) is 2.43. The maximum atomic E-state index is 12.2. The Morgan fingerprint density at radius 1 is 0.923 bits per heavy atom. The number of rotatable bonds is 6. The summed E-state index contributed by atoms with van der Waals surface area (Å²) in [5.41, 5.74) is 3.04. The Labute approximate surface area is 151 Å². The quantitative estimate of drug-likeness (QED) is 0.740. The molecular weight excluding hydrogens is 330 g/mol. The first-order valence-electron chi connectivity index (χ1n) is 8.07. The highest BCUT2D eigenvalue weighted by molar-refractivity contribution is 5.94. The van der Waals surface area contributed by atoms with Gasteiger partial charge in [0.25, 0.3) is 5.91 Å². The number of carbonyl (C=O) groups excluding carboxylic acids is 1. The van der Waals surface area contributed by atoms with E-state index in [1.807, 2.05) is 30.3 Å².